The molecule has 0 bridgehead atoms. The van der Waals surface area contributed by atoms with Crippen molar-refractivity contribution in [2.24, 2.45) is 5.73 Å². The molecule has 0 unspecified atom stereocenters. The van der Waals surface area contributed by atoms with Crippen molar-refractivity contribution in [3.05, 3.63) is 73.6 Å². The number of methoxy groups -OCH3 is 2. The van der Waals surface area contributed by atoms with Crippen molar-refractivity contribution in [3.8, 4) is 11.5 Å². The molecule has 0 spiro atoms. The molecule has 0 amide bonds. The van der Waals surface area contributed by atoms with Gasteiger partial charge in [0.1, 0.15) is 11.5 Å². The fraction of sp³-hybridized carbons (Fsp3) is 0.385. The van der Waals surface area contributed by atoms with Crippen LogP contribution in [-0.2, 0) is 13.1 Å². The Morgan fingerprint density at radius 2 is 1.27 bits per heavy atom. The molecule has 14 heteroatoms. The third-order valence-corrected chi connectivity index (χ3v) is 7.77. The summed E-state index contributed by atoms with van der Waals surface area (Å²) in [6.45, 7) is 11.4. The van der Waals surface area contributed by atoms with E-state index in [2.05, 4.69) is 81.6 Å². The molecule has 2 heterocycles. The van der Waals surface area contributed by atoms with Gasteiger partial charge >= 0.3 is 0 Å². The molecule has 2 aromatic carbocycles. The van der Waals surface area contributed by atoms with Crippen molar-refractivity contribution in [1.29, 1.82) is 0 Å². The molecule has 0 atom stereocenters. The smallest absolute Gasteiger partial charge is 0.210 e. The molecule has 40 heavy (non-hydrogen) atoms. The van der Waals surface area contributed by atoms with E-state index in [1.165, 1.54) is 36.7 Å². The van der Waals surface area contributed by atoms with Gasteiger partial charge in [0.25, 0.3) is 0 Å². The van der Waals surface area contributed by atoms with Crippen LogP contribution in [0.2, 0.25) is 4.47 Å². The lowest BCUT2D eigenvalue weighted by molar-refractivity contribution is 0.321. The van der Waals surface area contributed by atoms with Crippen LogP contribution in [0.3, 0.4) is 0 Å². The van der Waals surface area contributed by atoms with Crippen molar-refractivity contribution in [2.45, 2.75) is 33.9 Å². The van der Waals surface area contributed by atoms with Gasteiger partial charge in [0.05, 0.1) is 14.2 Å². The van der Waals surface area contributed by atoms with Crippen LogP contribution in [0.5, 0.6) is 11.5 Å². The number of hydrogen-bond acceptors (Lipinski definition) is 11. The minimum Gasteiger partial charge on any atom is -0.497 e. The highest BCUT2D eigenvalue weighted by molar-refractivity contribution is 9.10. The summed E-state index contributed by atoms with van der Waals surface area (Å²) >= 11 is 14.1. The molecule has 4 aromatic rings. The molecule has 2 aromatic heterocycles. The van der Waals surface area contributed by atoms with Crippen LogP contribution in [0.1, 0.15) is 31.9 Å². The first kappa shape index (κ1) is 36.2. The summed E-state index contributed by atoms with van der Waals surface area (Å²) in [5.41, 5.74) is 7.70. The highest BCUT2D eigenvalue weighted by atomic mass is 79.9. The van der Waals surface area contributed by atoms with Gasteiger partial charge in [-0.15, -0.1) is 0 Å². The van der Waals surface area contributed by atoms with Gasteiger partial charge < -0.3 is 25.4 Å². The van der Waals surface area contributed by atoms with E-state index in [1.54, 1.807) is 14.2 Å². The molecule has 0 fully saturated rings. The van der Waals surface area contributed by atoms with Crippen LogP contribution < -0.4 is 20.5 Å². The number of ether oxygens (including phenoxy) is 2. The van der Waals surface area contributed by atoms with Gasteiger partial charge in [0, 0.05) is 24.6 Å². The van der Waals surface area contributed by atoms with E-state index in [4.69, 9.17) is 26.8 Å². The normalized spacial score (nSPS) is 9.85. The Hall–Kier alpha value is -1.87. The maximum absolute atomic E-state index is 5.40. The molecule has 0 radical (unpaired) electrons. The number of rotatable bonds is 9. The minimum atomic E-state index is 0.465. The summed E-state index contributed by atoms with van der Waals surface area (Å²) in [4.78, 5) is 10.2. The molecule has 4 rings (SSSR count). The van der Waals surface area contributed by atoms with Crippen LogP contribution in [0.4, 0.5) is 5.13 Å². The quantitative estimate of drug-likeness (QED) is 0.182. The van der Waals surface area contributed by atoms with Crippen molar-refractivity contribution in [2.75, 3.05) is 39.2 Å². The largest absolute Gasteiger partial charge is 0.497 e. The maximum Gasteiger partial charge on any atom is 0.210 e. The van der Waals surface area contributed by atoms with E-state index in [0.717, 1.165) is 40.3 Å². The molecule has 0 aliphatic rings. The molecular formula is C26H36Br2ClN7O2S2. The van der Waals surface area contributed by atoms with Crippen molar-refractivity contribution in [1.82, 2.24) is 23.6 Å². The standard InChI is InChI=1S/C10H10BrN3OS.C8H11NO.C6H15N.C2BrClN2S/c1-15-8-4-2-7(3-5-8)6-12-10-13-9(11)14-16-10;1-10-8-4-2-7(6-9)3-5-8;1-4-7(5-2)6-3;3-1-5-2(4)7-6-1/h2-5H,6H2,1H3,(H,12,13,14);2-5H,6,9H2,1H3;4-6H2,1-3H3;. The fourth-order valence-corrected chi connectivity index (χ4v) is 4.91. The second kappa shape index (κ2) is 21.8. The monoisotopic (exact) mass is 735 g/mol. The Kier molecular flexibility index (Phi) is 19.7. The number of nitrogens with zero attached hydrogens (tertiary/aromatic N) is 5. The summed E-state index contributed by atoms with van der Waals surface area (Å²) in [6.07, 6.45) is 0. The van der Waals surface area contributed by atoms with E-state index in [-0.39, 0.29) is 0 Å². The summed E-state index contributed by atoms with van der Waals surface area (Å²) in [5, 5.41) is 4.00. The molecular weight excluding hydrogens is 702 g/mol. The van der Waals surface area contributed by atoms with Crippen LogP contribution in [0.15, 0.2) is 58.0 Å². The van der Waals surface area contributed by atoms with E-state index < -0.39 is 0 Å². The molecule has 3 N–H and O–H groups in total. The summed E-state index contributed by atoms with van der Waals surface area (Å²) < 4.78 is 19.5. The topological polar surface area (TPSA) is 111 Å². The van der Waals surface area contributed by atoms with Crippen LogP contribution in [-0.4, -0.2) is 57.5 Å². The van der Waals surface area contributed by atoms with Crippen LogP contribution in [0, 0.1) is 0 Å². The number of anilines is 1. The van der Waals surface area contributed by atoms with Crippen molar-refractivity contribution in [3.63, 3.8) is 0 Å². The third kappa shape index (κ3) is 15.8. The van der Waals surface area contributed by atoms with Crippen LogP contribution in [0.25, 0.3) is 0 Å². The summed E-state index contributed by atoms with van der Waals surface area (Å²) in [5.74, 6) is 1.74. The Morgan fingerprint density at radius 1 is 0.800 bits per heavy atom. The number of nitrogens with one attached hydrogen (secondary N) is 1. The molecule has 9 nitrogen and oxygen atoms in total. The van der Waals surface area contributed by atoms with Gasteiger partial charge in [-0.05, 0) is 110 Å². The number of hydrogen-bond donors (Lipinski definition) is 2. The zero-order valence-electron chi connectivity index (χ0n) is 23.2. The fourth-order valence-electron chi connectivity index (χ4n) is 2.82. The summed E-state index contributed by atoms with van der Waals surface area (Å²) in [6, 6.07) is 15.6. The molecule has 0 aliphatic carbocycles. The average Bonchev–Trinajstić information content (AvgIpc) is 3.60. The molecule has 0 saturated carbocycles. The predicted octanol–water partition coefficient (Wildman–Crippen LogP) is 7.38. The van der Waals surface area contributed by atoms with Gasteiger partial charge in [-0.25, -0.2) is 0 Å². The third-order valence-electron chi connectivity index (χ3n) is 5.12. The Bertz CT molecular complexity index is 1130. The number of benzene rings is 2. The van der Waals surface area contributed by atoms with Crippen LogP contribution >= 0.6 is 66.5 Å². The Balaban J connectivity index is 0.000000287. The molecule has 220 valence electrons. The van der Waals surface area contributed by atoms with Crippen molar-refractivity contribution >= 4 is 71.7 Å². The SMILES string of the molecule is CCN(CC)CC.COc1ccc(CN)cc1.COc1ccc(CNc2nc(Br)ns2)cc1.Clc1nc(Br)ns1. The first-order valence-corrected chi connectivity index (χ1v) is 15.8. The number of nitrogens with two attached hydrogens (primary N) is 1. The molecule has 0 aliphatic heterocycles. The predicted molar refractivity (Wildman–Crippen MR) is 175 cm³/mol. The number of aromatic nitrogens is 4. The summed E-state index contributed by atoms with van der Waals surface area (Å²) in [7, 11) is 3.31. The van der Waals surface area contributed by atoms with E-state index in [0.29, 0.717) is 20.5 Å². The first-order chi connectivity index (χ1) is 19.3. The van der Waals surface area contributed by atoms with Gasteiger partial charge in [0.15, 0.2) is 0 Å². The highest BCUT2D eigenvalue weighted by Crippen LogP contribution is 2.17. The lowest BCUT2D eigenvalue weighted by atomic mass is 10.2. The zero-order valence-corrected chi connectivity index (χ0v) is 28.8. The van der Waals surface area contributed by atoms with Gasteiger partial charge in [0.2, 0.25) is 19.1 Å². The Morgan fingerprint density at radius 3 is 1.57 bits per heavy atom. The van der Waals surface area contributed by atoms with Gasteiger partial charge in [-0.1, -0.05) is 45.0 Å². The number of halogens is 3. The van der Waals surface area contributed by atoms with E-state index >= 15 is 0 Å². The lowest BCUT2D eigenvalue weighted by Gasteiger charge is -2.13. The van der Waals surface area contributed by atoms with Gasteiger partial charge in [-0.3, -0.25) is 0 Å². The molecule has 0 saturated heterocycles. The Labute approximate surface area is 267 Å². The second-order valence-corrected chi connectivity index (χ2v) is 11.1. The average molecular weight is 738 g/mol. The lowest BCUT2D eigenvalue weighted by Crippen LogP contribution is -2.21. The van der Waals surface area contributed by atoms with Gasteiger partial charge in [-0.2, -0.15) is 18.7 Å². The maximum atomic E-state index is 5.40. The highest BCUT2D eigenvalue weighted by Gasteiger charge is 2.00. The first-order valence-electron chi connectivity index (χ1n) is 12.3. The van der Waals surface area contributed by atoms with E-state index in [1.807, 2.05) is 48.5 Å². The second-order valence-electron chi connectivity index (χ2n) is 7.56. The minimum absolute atomic E-state index is 0.465. The zero-order chi connectivity index (χ0) is 29.8. The van der Waals surface area contributed by atoms with Crippen molar-refractivity contribution < 1.29 is 9.47 Å². The van der Waals surface area contributed by atoms with E-state index in [9.17, 15) is 0 Å².